The van der Waals surface area contributed by atoms with Gasteiger partial charge in [-0.1, -0.05) is 30.1 Å². The number of hydrogen-bond acceptors (Lipinski definition) is 3. The number of carbonyl (C=O) groups excluding carboxylic acids is 1. The third kappa shape index (κ3) is 5.54. The van der Waals surface area contributed by atoms with Crippen LogP contribution in [-0.2, 0) is 0 Å². The van der Waals surface area contributed by atoms with Gasteiger partial charge in [0, 0.05) is 12.1 Å². The first-order valence-corrected chi connectivity index (χ1v) is 9.30. The van der Waals surface area contributed by atoms with Gasteiger partial charge < -0.3 is 15.0 Å². The van der Waals surface area contributed by atoms with Crippen LogP contribution in [0.25, 0.3) is 0 Å². The summed E-state index contributed by atoms with van der Waals surface area (Å²) in [5.41, 5.74) is 0.454. The molecule has 6 heteroatoms. The second kappa shape index (κ2) is 9.50. The molecule has 1 aliphatic rings. The van der Waals surface area contributed by atoms with Gasteiger partial charge in [0.15, 0.2) is 5.75 Å². The van der Waals surface area contributed by atoms with E-state index < -0.39 is 0 Å². The fourth-order valence-electron chi connectivity index (χ4n) is 2.94. The van der Waals surface area contributed by atoms with Crippen molar-refractivity contribution in [3.05, 3.63) is 27.7 Å². The molecule has 0 aliphatic carbocycles. The van der Waals surface area contributed by atoms with E-state index in [0.717, 1.165) is 25.3 Å². The molecule has 4 nitrogen and oxygen atoms in total. The predicted octanol–water partition coefficient (Wildman–Crippen LogP) is 4.24. The van der Waals surface area contributed by atoms with Gasteiger partial charge >= 0.3 is 0 Å². The quantitative estimate of drug-likeness (QED) is 0.727. The Bertz CT molecular complexity index is 535. The Kier molecular flexibility index (Phi) is 7.66. The summed E-state index contributed by atoms with van der Waals surface area (Å²) < 4.78 is 5.09. The van der Waals surface area contributed by atoms with E-state index >= 15 is 0 Å². The van der Waals surface area contributed by atoms with Crippen LogP contribution in [0, 0.1) is 5.92 Å². The van der Waals surface area contributed by atoms with Crippen molar-refractivity contribution < 1.29 is 9.53 Å². The number of benzene rings is 1. The maximum Gasteiger partial charge on any atom is 0.251 e. The lowest BCUT2D eigenvalue weighted by Gasteiger charge is -2.30. The summed E-state index contributed by atoms with van der Waals surface area (Å²) in [4.78, 5) is 14.7. The van der Waals surface area contributed by atoms with Crippen LogP contribution < -0.4 is 10.1 Å². The van der Waals surface area contributed by atoms with E-state index in [-0.39, 0.29) is 5.91 Å². The molecule has 1 amide bonds. The number of likely N-dealkylation sites (tertiary alicyclic amines) is 1. The van der Waals surface area contributed by atoms with Crippen molar-refractivity contribution >= 4 is 29.1 Å². The summed E-state index contributed by atoms with van der Waals surface area (Å²) in [6, 6.07) is 3.16. The first-order valence-electron chi connectivity index (χ1n) is 8.55. The van der Waals surface area contributed by atoms with E-state index in [1.54, 1.807) is 12.1 Å². The molecular formula is C18H26Cl2N2O2. The summed E-state index contributed by atoms with van der Waals surface area (Å²) in [6.45, 7) is 6.50. The number of methoxy groups -OCH3 is 1. The lowest BCUT2D eigenvalue weighted by Crippen LogP contribution is -2.34. The van der Waals surface area contributed by atoms with Crippen LogP contribution >= 0.6 is 23.2 Å². The van der Waals surface area contributed by atoms with Crippen molar-refractivity contribution in [3.8, 4) is 5.75 Å². The highest BCUT2D eigenvalue weighted by Gasteiger charge is 2.15. The maximum atomic E-state index is 12.2. The maximum absolute atomic E-state index is 12.2. The lowest BCUT2D eigenvalue weighted by atomic mass is 9.99. The van der Waals surface area contributed by atoms with Gasteiger partial charge in [-0.15, -0.1) is 0 Å². The van der Waals surface area contributed by atoms with E-state index in [1.165, 1.54) is 33.0 Å². The van der Waals surface area contributed by atoms with Crippen molar-refractivity contribution in [2.45, 2.75) is 32.6 Å². The highest BCUT2D eigenvalue weighted by Crippen LogP contribution is 2.33. The summed E-state index contributed by atoms with van der Waals surface area (Å²) in [5, 5.41) is 3.60. The average Bonchev–Trinajstić information content (AvgIpc) is 2.55. The number of carbonyl (C=O) groups is 1. The lowest BCUT2D eigenvalue weighted by molar-refractivity contribution is 0.0952. The van der Waals surface area contributed by atoms with Crippen molar-refractivity contribution in [1.82, 2.24) is 10.2 Å². The smallest absolute Gasteiger partial charge is 0.251 e. The Hall–Kier alpha value is -0.970. The van der Waals surface area contributed by atoms with Crippen molar-refractivity contribution in [2.75, 3.05) is 33.3 Å². The summed E-state index contributed by atoms with van der Waals surface area (Å²) in [6.07, 6.45) is 4.67. The zero-order valence-corrected chi connectivity index (χ0v) is 15.9. The second-order valence-corrected chi connectivity index (χ2v) is 7.27. The van der Waals surface area contributed by atoms with Gasteiger partial charge in [0.25, 0.3) is 5.91 Å². The van der Waals surface area contributed by atoms with Gasteiger partial charge in [-0.05, 0) is 63.4 Å². The molecule has 1 saturated heterocycles. The van der Waals surface area contributed by atoms with Crippen LogP contribution in [0.3, 0.4) is 0 Å². The minimum absolute atomic E-state index is 0.159. The summed E-state index contributed by atoms with van der Waals surface area (Å²) in [7, 11) is 1.50. The van der Waals surface area contributed by atoms with Gasteiger partial charge in [0.1, 0.15) is 0 Å². The molecule has 1 heterocycles. The Morgan fingerprint density at radius 3 is 2.46 bits per heavy atom. The molecule has 1 aromatic rings. The highest BCUT2D eigenvalue weighted by atomic mass is 35.5. The van der Waals surface area contributed by atoms with Crippen LogP contribution in [0.1, 0.15) is 43.0 Å². The zero-order chi connectivity index (χ0) is 17.5. The fraction of sp³-hybridized carbons (Fsp3) is 0.611. The zero-order valence-electron chi connectivity index (χ0n) is 14.4. The monoisotopic (exact) mass is 372 g/mol. The normalized spacial score (nSPS) is 16.2. The topological polar surface area (TPSA) is 41.6 Å². The van der Waals surface area contributed by atoms with Gasteiger partial charge in [-0.25, -0.2) is 0 Å². The van der Waals surface area contributed by atoms with Gasteiger partial charge in [-0.2, -0.15) is 0 Å². The molecule has 1 aliphatic heterocycles. The minimum Gasteiger partial charge on any atom is -0.494 e. The van der Waals surface area contributed by atoms with Crippen LogP contribution in [0.4, 0.5) is 0 Å². The van der Waals surface area contributed by atoms with Crippen LogP contribution in [0.2, 0.25) is 10.0 Å². The molecule has 1 N–H and O–H groups in total. The van der Waals surface area contributed by atoms with Gasteiger partial charge in [0.2, 0.25) is 0 Å². The van der Waals surface area contributed by atoms with E-state index in [4.69, 9.17) is 27.9 Å². The van der Waals surface area contributed by atoms with Gasteiger partial charge in [0.05, 0.1) is 17.2 Å². The molecule has 0 aromatic heterocycles. The highest BCUT2D eigenvalue weighted by molar-refractivity contribution is 6.37. The van der Waals surface area contributed by atoms with Crippen molar-refractivity contribution in [1.29, 1.82) is 0 Å². The molecule has 0 saturated carbocycles. The van der Waals surface area contributed by atoms with E-state index in [1.807, 2.05) is 0 Å². The minimum atomic E-state index is -0.159. The molecule has 0 bridgehead atoms. The second-order valence-electron chi connectivity index (χ2n) is 6.46. The third-order valence-electron chi connectivity index (χ3n) is 4.53. The number of nitrogens with zero attached hydrogens (tertiary/aromatic N) is 1. The third-order valence-corrected chi connectivity index (χ3v) is 5.09. The first kappa shape index (κ1) is 19.4. The number of halogens is 2. The molecule has 0 spiro atoms. The molecule has 1 aromatic carbocycles. The Balaban J connectivity index is 1.70. The van der Waals surface area contributed by atoms with E-state index in [9.17, 15) is 4.79 Å². The standard InChI is InChI=1S/C18H26Cl2N2O2/c1-13-5-9-22(10-6-13)8-4-3-7-21-18(23)14-11-15(19)17(24-2)16(20)12-14/h11-13H,3-10H2,1-2H3,(H,21,23). The van der Waals surface area contributed by atoms with Crippen molar-refractivity contribution in [3.63, 3.8) is 0 Å². The molecule has 0 unspecified atom stereocenters. The molecule has 1 fully saturated rings. The van der Waals surface area contributed by atoms with E-state index in [0.29, 0.717) is 27.9 Å². The predicted molar refractivity (Wildman–Crippen MR) is 99.4 cm³/mol. The molecule has 0 radical (unpaired) electrons. The number of nitrogens with one attached hydrogen (secondary N) is 1. The summed E-state index contributed by atoms with van der Waals surface area (Å²) in [5.74, 6) is 1.10. The molecule has 0 atom stereocenters. The molecule has 24 heavy (non-hydrogen) atoms. The SMILES string of the molecule is COc1c(Cl)cc(C(=O)NCCCCN2CCC(C)CC2)cc1Cl. The molecule has 134 valence electrons. The fourth-order valence-corrected chi connectivity index (χ4v) is 3.58. The largest absolute Gasteiger partial charge is 0.494 e. The number of ether oxygens (including phenoxy) is 1. The Morgan fingerprint density at radius 2 is 1.88 bits per heavy atom. The Labute approximate surface area is 154 Å². The van der Waals surface area contributed by atoms with Crippen LogP contribution in [0.15, 0.2) is 12.1 Å². The van der Waals surface area contributed by atoms with Crippen LogP contribution in [-0.4, -0.2) is 44.1 Å². The van der Waals surface area contributed by atoms with Crippen molar-refractivity contribution in [2.24, 2.45) is 5.92 Å². The Morgan fingerprint density at radius 1 is 1.25 bits per heavy atom. The van der Waals surface area contributed by atoms with Crippen LogP contribution in [0.5, 0.6) is 5.75 Å². The number of amides is 1. The molecular weight excluding hydrogens is 347 g/mol. The molecule has 2 rings (SSSR count). The number of unbranched alkanes of at least 4 members (excludes halogenated alkanes) is 1. The number of rotatable bonds is 7. The first-order chi connectivity index (χ1) is 11.5. The average molecular weight is 373 g/mol. The van der Waals surface area contributed by atoms with Gasteiger partial charge in [-0.3, -0.25) is 4.79 Å². The summed E-state index contributed by atoms with van der Waals surface area (Å²) >= 11 is 12.1. The van der Waals surface area contributed by atoms with E-state index in [2.05, 4.69) is 17.1 Å². The number of hydrogen-bond donors (Lipinski definition) is 1. The number of piperidine rings is 1.